The van der Waals surface area contributed by atoms with Gasteiger partial charge in [0.2, 0.25) is 0 Å². The third-order valence-electron chi connectivity index (χ3n) is 9.59. The molecule has 6 aromatic rings. The molecular weight excluding hydrogens is 641 g/mol. The Morgan fingerprint density at radius 1 is 0.412 bits per heavy atom. The molecule has 260 valence electrons. The summed E-state index contributed by atoms with van der Waals surface area (Å²) in [6, 6.07) is 48.7. The van der Waals surface area contributed by atoms with Crippen molar-refractivity contribution < 1.29 is 8.85 Å². The highest BCUT2D eigenvalue weighted by atomic mass is 28.4. The van der Waals surface area contributed by atoms with E-state index in [9.17, 15) is 0 Å². The fraction of sp³-hybridized carbons (Fsp3) is 0.217. The van der Waals surface area contributed by atoms with Crippen molar-refractivity contribution in [1.29, 1.82) is 0 Å². The van der Waals surface area contributed by atoms with E-state index in [2.05, 4.69) is 184 Å². The molecule has 0 aliphatic carbocycles. The van der Waals surface area contributed by atoms with E-state index in [1.807, 2.05) is 13.8 Å². The van der Waals surface area contributed by atoms with Crippen LogP contribution >= 0.6 is 0 Å². The Kier molecular flexibility index (Phi) is 10.9. The third-order valence-corrected chi connectivity index (χ3v) is 12.7. The zero-order chi connectivity index (χ0) is 36.1. The van der Waals surface area contributed by atoms with E-state index in [0.29, 0.717) is 13.2 Å². The fourth-order valence-corrected chi connectivity index (χ4v) is 9.12. The summed E-state index contributed by atoms with van der Waals surface area (Å²) in [4.78, 5) is 4.67. The second-order valence-corrected chi connectivity index (χ2v) is 16.6. The highest BCUT2D eigenvalue weighted by molar-refractivity contribution is 6.80. The van der Waals surface area contributed by atoms with Gasteiger partial charge in [0.05, 0.1) is 0 Å². The SMILES string of the molecule is CCO[Si](C)(OCC)c1ccc(N(c2ccc(C)cc2)c2ccc(-c3ccc(N(c4ccc(C)cc4)c4ccc(C)cc4)cc3C)c(C)c2)cc1. The zero-order valence-corrected chi connectivity index (χ0v) is 32.3. The first-order chi connectivity index (χ1) is 24.6. The molecule has 0 saturated heterocycles. The van der Waals surface area contributed by atoms with Crippen LogP contribution in [0.25, 0.3) is 11.1 Å². The van der Waals surface area contributed by atoms with Gasteiger partial charge in [0, 0.05) is 47.3 Å². The summed E-state index contributed by atoms with van der Waals surface area (Å²) in [7, 11) is -2.48. The normalized spacial score (nSPS) is 11.5. The number of anilines is 6. The van der Waals surface area contributed by atoms with Crippen LogP contribution in [0.5, 0.6) is 0 Å². The Morgan fingerprint density at radius 2 is 0.706 bits per heavy atom. The summed E-state index contributed by atoms with van der Waals surface area (Å²) in [6.45, 7) is 18.3. The second-order valence-electron chi connectivity index (χ2n) is 13.5. The van der Waals surface area contributed by atoms with Crippen molar-refractivity contribution in [2.24, 2.45) is 0 Å². The minimum atomic E-state index is -2.48. The summed E-state index contributed by atoms with van der Waals surface area (Å²) in [5.41, 5.74) is 15.4. The smallest absolute Gasteiger partial charge is 0.369 e. The Bertz CT molecular complexity index is 2020. The molecule has 0 saturated carbocycles. The van der Waals surface area contributed by atoms with Crippen LogP contribution in [0.15, 0.2) is 133 Å². The molecule has 6 rings (SSSR count). The summed E-state index contributed by atoms with van der Waals surface area (Å²) >= 11 is 0. The van der Waals surface area contributed by atoms with Crippen LogP contribution in [0.4, 0.5) is 34.1 Å². The zero-order valence-electron chi connectivity index (χ0n) is 31.3. The maximum atomic E-state index is 6.19. The van der Waals surface area contributed by atoms with Crippen LogP contribution in [0, 0.1) is 34.6 Å². The van der Waals surface area contributed by atoms with E-state index in [4.69, 9.17) is 8.85 Å². The number of benzene rings is 6. The van der Waals surface area contributed by atoms with Gasteiger partial charge in [-0.15, -0.1) is 0 Å². The van der Waals surface area contributed by atoms with Crippen LogP contribution < -0.4 is 15.0 Å². The molecule has 0 spiro atoms. The Balaban J connectivity index is 1.36. The molecule has 51 heavy (non-hydrogen) atoms. The Labute approximate surface area is 306 Å². The van der Waals surface area contributed by atoms with E-state index in [1.54, 1.807) is 0 Å². The largest absolute Gasteiger partial charge is 0.391 e. The summed E-state index contributed by atoms with van der Waals surface area (Å²) in [5, 5.41) is 1.13. The maximum absolute atomic E-state index is 6.19. The summed E-state index contributed by atoms with van der Waals surface area (Å²) in [6.07, 6.45) is 0. The molecule has 0 atom stereocenters. The van der Waals surface area contributed by atoms with Crippen LogP contribution in [-0.2, 0) is 8.85 Å². The highest BCUT2D eigenvalue weighted by Crippen LogP contribution is 2.40. The van der Waals surface area contributed by atoms with Crippen molar-refractivity contribution in [3.8, 4) is 11.1 Å². The average molecular weight is 691 g/mol. The number of hydrogen-bond donors (Lipinski definition) is 0. The van der Waals surface area contributed by atoms with E-state index < -0.39 is 8.56 Å². The van der Waals surface area contributed by atoms with Gasteiger partial charge in [0.25, 0.3) is 0 Å². The minimum absolute atomic E-state index is 0.630. The standard InChI is InChI=1S/C46H50N2O2Si/c1-9-49-51(8,50-10-2)44-27-23-41(24-28-44)48(40-21-15-35(5)16-22-40)43-26-30-46(37(7)32-43)45-29-25-42(31-36(45)6)47(38-17-11-33(3)12-18-38)39-19-13-34(4)14-20-39/h11-32H,9-10H2,1-8H3. The predicted molar refractivity (Wildman–Crippen MR) is 219 cm³/mol. The van der Waals surface area contributed by atoms with Gasteiger partial charge in [-0.25, -0.2) is 0 Å². The summed E-state index contributed by atoms with van der Waals surface area (Å²) in [5.74, 6) is 0. The second kappa shape index (κ2) is 15.5. The minimum Gasteiger partial charge on any atom is -0.391 e. The van der Waals surface area contributed by atoms with Crippen molar-refractivity contribution in [1.82, 2.24) is 0 Å². The third kappa shape index (κ3) is 7.86. The molecule has 0 aliphatic heterocycles. The van der Waals surface area contributed by atoms with Gasteiger partial charge in [-0.1, -0.05) is 77.4 Å². The van der Waals surface area contributed by atoms with Crippen molar-refractivity contribution in [2.75, 3.05) is 23.0 Å². The van der Waals surface area contributed by atoms with Gasteiger partial charge < -0.3 is 18.7 Å². The Hall–Kier alpha value is -4.94. The summed E-state index contributed by atoms with van der Waals surface area (Å²) < 4.78 is 12.4. The van der Waals surface area contributed by atoms with Crippen LogP contribution in [0.1, 0.15) is 41.7 Å². The van der Waals surface area contributed by atoms with Crippen molar-refractivity contribution in [2.45, 2.75) is 55.0 Å². The lowest BCUT2D eigenvalue weighted by Gasteiger charge is -2.29. The van der Waals surface area contributed by atoms with Gasteiger partial charge in [-0.05, 0) is 155 Å². The lowest BCUT2D eigenvalue weighted by Crippen LogP contribution is -2.51. The first-order valence-corrected chi connectivity index (χ1v) is 20.3. The number of nitrogens with zero attached hydrogens (tertiary/aromatic N) is 2. The number of rotatable bonds is 12. The predicted octanol–water partition coefficient (Wildman–Crippen LogP) is 12.2. The van der Waals surface area contributed by atoms with E-state index in [0.717, 1.165) is 39.3 Å². The highest BCUT2D eigenvalue weighted by Gasteiger charge is 2.33. The number of hydrogen-bond acceptors (Lipinski definition) is 4. The van der Waals surface area contributed by atoms with Crippen molar-refractivity contribution in [3.63, 3.8) is 0 Å². The molecule has 0 N–H and O–H groups in total. The van der Waals surface area contributed by atoms with E-state index in [1.165, 1.54) is 38.9 Å². The monoisotopic (exact) mass is 690 g/mol. The molecule has 0 heterocycles. The fourth-order valence-electron chi connectivity index (χ4n) is 6.83. The molecule has 5 heteroatoms. The topological polar surface area (TPSA) is 24.9 Å². The van der Waals surface area contributed by atoms with Gasteiger partial charge >= 0.3 is 8.56 Å². The molecule has 0 amide bonds. The van der Waals surface area contributed by atoms with E-state index >= 15 is 0 Å². The quantitative estimate of drug-likeness (QED) is 0.119. The van der Waals surface area contributed by atoms with Gasteiger partial charge in [0.15, 0.2) is 0 Å². The number of aryl methyl sites for hydroxylation is 5. The molecule has 0 fully saturated rings. The van der Waals surface area contributed by atoms with Crippen LogP contribution in [-0.4, -0.2) is 21.8 Å². The first kappa shape index (κ1) is 35.9. The molecule has 0 aliphatic rings. The lowest BCUT2D eigenvalue weighted by molar-refractivity contribution is 0.202. The van der Waals surface area contributed by atoms with Crippen LogP contribution in [0.3, 0.4) is 0 Å². The van der Waals surface area contributed by atoms with Crippen molar-refractivity contribution >= 4 is 47.9 Å². The Morgan fingerprint density at radius 3 is 1.00 bits per heavy atom. The molecule has 0 unspecified atom stereocenters. The average Bonchev–Trinajstić information content (AvgIpc) is 3.12. The molecule has 4 nitrogen and oxygen atoms in total. The maximum Gasteiger partial charge on any atom is 0.369 e. The van der Waals surface area contributed by atoms with Crippen LogP contribution in [0.2, 0.25) is 6.55 Å². The van der Waals surface area contributed by atoms with Gasteiger partial charge in [-0.2, -0.15) is 0 Å². The van der Waals surface area contributed by atoms with Crippen molar-refractivity contribution in [3.05, 3.63) is 161 Å². The lowest BCUT2D eigenvalue weighted by atomic mass is 9.95. The first-order valence-electron chi connectivity index (χ1n) is 18.0. The molecule has 6 aromatic carbocycles. The van der Waals surface area contributed by atoms with E-state index in [-0.39, 0.29) is 0 Å². The molecular formula is C46H50N2O2Si. The van der Waals surface area contributed by atoms with Gasteiger partial charge in [-0.3, -0.25) is 0 Å². The molecule has 0 radical (unpaired) electrons. The molecule has 0 bridgehead atoms. The van der Waals surface area contributed by atoms with Gasteiger partial charge in [0.1, 0.15) is 0 Å². The molecule has 0 aromatic heterocycles.